The highest BCUT2D eigenvalue weighted by Crippen LogP contribution is 2.11. The molecule has 0 bridgehead atoms. The Morgan fingerprint density at radius 3 is 2.88 bits per heavy atom. The number of nitrogens with one attached hydrogen (secondary N) is 2. The lowest BCUT2D eigenvalue weighted by Crippen LogP contribution is -2.44. The van der Waals surface area contributed by atoms with Crippen molar-refractivity contribution in [2.75, 3.05) is 26.2 Å². The summed E-state index contributed by atoms with van der Waals surface area (Å²) in [6.07, 6.45) is 6.18. The van der Waals surface area contributed by atoms with Gasteiger partial charge in [0, 0.05) is 37.4 Å². The Bertz CT molecular complexity index is 663. The van der Waals surface area contributed by atoms with Crippen molar-refractivity contribution in [3.63, 3.8) is 0 Å². The number of halogens is 1. The van der Waals surface area contributed by atoms with Gasteiger partial charge in [0.1, 0.15) is 0 Å². The van der Waals surface area contributed by atoms with Gasteiger partial charge in [-0.3, -0.25) is 9.20 Å². The van der Waals surface area contributed by atoms with Gasteiger partial charge < -0.3 is 15.5 Å². The van der Waals surface area contributed by atoms with Gasteiger partial charge in [-0.2, -0.15) is 0 Å². The molecule has 1 aliphatic heterocycles. The van der Waals surface area contributed by atoms with Crippen LogP contribution < -0.4 is 10.6 Å². The van der Waals surface area contributed by atoms with E-state index in [9.17, 15) is 4.79 Å². The van der Waals surface area contributed by atoms with E-state index in [2.05, 4.69) is 20.6 Å². The third kappa shape index (κ3) is 4.82. The van der Waals surface area contributed by atoms with Crippen LogP contribution in [0, 0.1) is 0 Å². The molecule has 0 spiro atoms. The average molecular weight is 462 g/mol. The van der Waals surface area contributed by atoms with Gasteiger partial charge in [0.2, 0.25) is 5.91 Å². The van der Waals surface area contributed by atoms with Crippen molar-refractivity contribution in [1.82, 2.24) is 24.9 Å². The Labute approximate surface area is 162 Å². The van der Waals surface area contributed by atoms with Crippen LogP contribution in [0.3, 0.4) is 0 Å². The number of aliphatic imine (C=N–C) groups is 1. The number of rotatable bonds is 5. The maximum Gasteiger partial charge on any atom is 0.241 e. The molecule has 0 radical (unpaired) electrons. The quantitative estimate of drug-likeness (QED) is 0.403. The zero-order chi connectivity index (χ0) is 16.1. The number of likely N-dealkylation sites (tertiary alicyclic amines) is 1. The van der Waals surface area contributed by atoms with E-state index in [1.165, 1.54) is 0 Å². The second kappa shape index (κ2) is 9.21. The summed E-state index contributed by atoms with van der Waals surface area (Å²) in [5.41, 5.74) is 0.917. The van der Waals surface area contributed by atoms with Crippen molar-refractivity contribution >= 4 is 52.1 Å². The number of thiazole rings is 1. The van der Waals surface area contributed by atoms with E-state index in [1.807, 2.05) is 34.0 Å². The highest BCUT2D eigenvalue weighted by molar-refractivity contribution is 14.0. The van der Waals surface area contributed by atoms with Crippen molar-refractivity contribution < 1.29 is 4.79 Å². The summed E-state index contributed by atoms with van der Waals surface area (Å²) in [6.45, 7) is 5.28. The highest BCUT2D eigenvalue weighted by Gasteiger charge is 2.17. The van der Waals surface area contributed by atoms with Gasteiger partial charge in [-0.05, 0) is 19.8 Å². The van der Waals surface area contributed by atoms with Crippen LogP contribution in [0.4, 0.5) is 0 Å². The summed E-state index contributed by atoms with van der Waals surface area (Å²) in [6, 6.07) is 0. The van der Waals surface area contributed by atoms with Gasteiger partial charge in [0.25, 0.3) is 0 Å². The molecule has 1 saturated heterocycles. The van der Waals surface area contributed by atoms with Crippen LogP contribution in [0.5, 0.6) is 0 Å². The van der Waals surface area contributed by atoms with Gasteiger partial charge >= 0.3 is 0 Å². The van der Waals surface area contributed by atoms with Crippen molar-refractivity contribution in [1.29, 1.82) is 0 Å². The van der Waals surface area contributed by atoms with E-state index in [-0.39, 0.29) is 36.4 Å². The average Bonchev–Trinajstić information content (AvgIpc) is 3.25. The minimum absolute atomic E-state index is 0. The number of amides is 1. The van der Waals surface area contributed by atoms with E-state index < -0.39 is 0 Å². The molecule has 24 heavy (non-hydrogen) atoms. The van der Waals surface area contributed by atoms with E-state index in [0.717, 1.165) is 43.1 Å². The second-order valence-corrected chi connectivity index (χ2v) is 6.33. The molecule has 7 nitrogen and oxygen atoms in total. The first-order valence-corrected chi connectivity index (χ1v) is 8.85. The monoisotopic (exact) mass is 462 g/mol. The van der Waals surface area contributed by atoms with Gasteiger partial charge in [-0.25, -0.2) is 9.98 Å². The molecular weight excluding hydrogens is 439 g/mol. The molecule has 3 rings (SSSR count). The Hall–Kier alpha value is -1.36. The lowest BCUT2D eigenvalue weighted by molar-refractivity contribution is -0.128. The lowest BCUT2D eigenvalue weighted by atomic mass is 10.4. The number of hydrogen-bond acceptors (Lipinski definition) is 4. The fraction of sp³-hybridized carbons (Fsp3) is 0.533. The van der Waals surface area contributed by atoms with Crippen LogP contribution >= 0.6 is 35.3 Å². The van der Waals surface area contributed by atoms with Crippen LogP contribution in [0.2, 0.25) is 0 Å². The number of imidazole rings is 1. The molecule has 3 heterocycles. The fourth-order valence-corrected chi connectivity index (χ4v) is 3.31. The largest absolute Gasteiger partial charge is 0.357 e. The summed E-state index contributed by atoms with van der Waals surface area (Å²) in [4.78, 5) is 24.0. The standard InChI is InChI=1S/C15H22N6OS.HI/c1-2-16-14(18-10-13(22)20-5-3-4-6-20)17-9-12-11-21-7-8-23-15(21)19-12;/h7-8,11H,2-6,9-10H2,1H3,(H2,16,17,18);1H. The van der Waals surface area contributed by atoms with E-state index >= 15 is 0 Å². The van der Waals surface area contributed by atoms with Crippen LogP contribution in [0.15, 0.2) is 22.8 Å². The molecule has 2 aromatic rings. The molecule has 132 valence electrons. The molecule has 2 N–H and O–H groups in total. The minimum Gasteiger partial charge on any atom is -0.357 e. The van der Waals surface area contributed by atoms with E-state index in [4.69, 9.17) is 0 Å². The Kier molecular flexibility index (Phi) is 7.28. The zero-order valence-corrected chi connectivity index (χ0v) is 16.8. The predicted octanol–water partition coefficient (Wildman–Crippen LogP) is 1.69. The topological polar surface area (TPSA) is 74.0 Å². The normalized spacial score (nSPS) is 14.7. The molecule has 1 amide bonds. The molecule has 1 aliphatic rings. The maximum atomic E-state index is 12.1. The molecule has 1 fully saturated rings. The fourth-order valence-electron chi connectivity index (χ4n) is 2.59. The number of hydrogen-bond donors (Lipinski definition) is 2. The van der Waals surface area contributed by atoms with Crippen molar-refractivity contribution in [3.8, 4) is 0 Å². The molecule has 0 aliphatic carbocycles. The van der Waals surface area contributed by atoms with Crippen molar-refractivity contribution in [2.24, 2.45) is 4.99 Å². The molecule has 0 atom stereocenters. The summed E-state index contributed by atoms with van der Waals surface area (Å²) in [5, 5.41) is 8.28. The summed E-state index contributed by atoms with van der Waals surface area (Å²) < 4.78 is 1.99. The maximum absolute atomic E-state index is 12.1. The highest BCUT2D eigenvalue weighted by atomic mass is 127. The van der Waals surface area contributed by atoms with Crippen molar-refractivity contribution in [2.45, 2.75) is 26.3 Å². The molecule has 0 unspecified atom stereocenters. The molecule has 0 aromatic carbocycles. The number of carbonyl (C=O) groups excluding carboxylic acids is 1. The number of carbonyl (C=O) groups is 1. The first kappa shape index (κ1) is 19.0. The number of fused-ring (bicyclic) bond motifs is 1. The Balaban J connectivity index is 0.00000208. The zero-order valence-electron chi connectivity index (χ0n) is 13.7. The smallest absolute Gasteiger partial charge is 0.241 e. The lowest BCUT2D eigenvalue weighted by Gasteiger charge is -2.17. The van der Waals surface area contributed by atoms with Crippen molar-refractivity contribution in [3.05, 3.63) is 23.5 Å². The van der Waals surface area contributed by atoms with Crippen LogP contribution in [-0.2, 0) is 11.3 Å². The first-order chi connectivity index (χ1) is 11.3. The Morgan fingerprint density at radius 1 is 1.38 bits per heavy atom. The van der Waals surface area contributed by atoms with Gasteiger partial charge in [-0.1, -0.05) is 0 Å². The second-order valence-electron chi connectivity index (χ2n) is 5.46. The van der Waals surface area contributed by atoms with Gasteiger partial charge in [0.05, 0.1) is 18.8 Å². The van der Waals surface area contributed by atoms with Gasteiger partial charge in [0.15, 0.2) is 10.9 Å². The Morgan fingerprint density at radius 2 is 2.17 bits per heavy atom. The third-order valence-corrected chi connectivity index (χ3v) is 4.52. The van der Waals surface area contributed by atoms with Crippen LogP contribution in [-0.4, -0.2) is 52.3 Å². The van der Waals surface area contributed by atoms with E-state index in [0.29, 0.717) is 12.5 Å². The number of nitrogens with zero attached hydrogens (tertiary/aromatic N) is 4. The van der Waals surface area contributed by atoms with Crippen LogP contribution in [0.25, 0.3) is 4.96 Å². The molecule has 9 heteroatoms. The first-order valence-electron chi connectivity index (χ1n) is 7.97. The molecule has 0 saturated carbocycles. The molecule has 2 aromatic heterocycles. The van der Waals surface area contributed by atoms with Gasteiger partial charge in [-0.15, -0.1) is 35.3 Å². The SMILES string of the molecule is CCNC(=NCc1cn2ccsc2n1)NCC(=O)N1CCCC1.I. The predicted molar refractivity (Wildman–Crippen MR) is 107 cm³/mol. The molecular formula is C15H23IN6OS. The number of aromatic nitrogens is 2. The summed E-state index contributed by atoms with van der Waals surface area (Å²) in [7, 11) is 0. The number of guanidine groups is 1. The van der Waals surface area contributed by atoms with E-state index in [1.54, 1.807) is 11.3 Å². The summed E-state index contributed by atoms with van der Waals surface area (Å²) in [5.74, 6) is 0.784. The summed E-state index contributed by atoms with van der Waals surface area (Å²) >= 11 is 1.60. The van der Waals surface area contributed by atoms with Crippen LogP contribution in [0.1, 0.15) is 25.5 Å². The third-order valence-electron chi connectivity index (χ3n) is 3.75. The minimum atomic E-state index is 0.